The summed E-state index contributed by atoms with van der Waals surface area (Å²) in [6, 6.07) is 0.00475. The molecule has 0 aromatic carbocycles. The minimum Gasteiger partial charge on any atom is -0.464 e. The van der Waals surface area contributed by atoms with Crippen molar-refractivity contribution in [3.63, 3.8) is 0 Å². The summed E-state index contributed by atoms with van der Waals surface area (Å²) in [6.45, 7) is 3.48. The van der Waals surface area contributed by atoms with E-state index < -0.39 is 12.7 Å². The monoisotopic (exact) mass is 293 g/mol. The summed E-state index contributed by atoms with van der Waals surface area (Å²) in [5.74, 6) is 0.119. The van der Waals surface area contributed by atoms with Gasteiger partial charge in [0, 0.05) is 13.6 Å². The van der Waals surface area contributed by atoms with Gasteiger partial charge in [0.2, 0.25) is 11.9 Å². The highest BCUT2D eigenvalue weighted by Gasteiger charge is 2.30. The van der Waals surface area contributed by atoms with E-state index in [0.717, 1.165) is 11.3 Å². The average molecular weight is 293 g/mol. The summed E-state index contributed by atoms with van der Waals surface area (Å²) < 4.78 is 42.3. The number of aromatic nitrogens is 3. The van der Waals surface area contributed by atoms with Crippen molar-refractivity contribution in [1.82, 2.24) is 15.0 Å². The first kappa shape index (κ1) is 16.3. The SMILES string of the molecule is CCCNc1nc(OCC)nc(N(C)CC(F)(F)F)n1. The highest BCUT2D eigenvalue weighted by Crippen LogP contribution is 2.20. The fraction of sp³-hybridized carbons (Fsp3) is 0.727. The van der Waals surface area contributed by atoms with Crippen molar-refractivity contribution >= 4 is 11.9 Å². The molecule has 1 aromatic rings. The van der Waals surface area contributed by atoms with Crippen LogP contribution < -0.4 is 15.0 Å². The third-order valence-electron chi connectivity index (χ3n) is 2.17. The highest BCUT2D eigenvalue weighted by atomic mass is 19.4. The van der Waals surface area contributed by atoms with Crippen molar-refractivity contribution in [2.75, 3.05) is 37.0 Å². The molecule has 1 rings (SSSR count). The Kier molecular flexibility index (Phi) is 5.78. The van der Waals surface area contributed by atoms with Crippen LogP contribution in [0.5, 0.6) is 6.01 Å². The minimum absolute atomic E-state index is 0.00475. The van der Waals surface area contributed by atoms with Crippen LogP contribution in [0.15, 0.2) is 0 Å². The van der Waals surface area contributed by atoms with Gasteiger partial charge in [0.15, 0.2) is 0 Å². The van der Waals surface area contributed by atoms with Gasteiger partial charge in [0.25, 0.3) is 0 Å². The van der Waals surface area contributed by atoms with E-state index in [0.29, 0.717) is 13.2 Å². The quantitative estimate of drug-likeness (QED) is 0.830. The first-order chi connectivity index (χ1) is 9.35. The summed E-state index contributed by atoms with van der Waals surface area (Å²) in [7, 11) is 1.27. The predicted molar refractivity (Wildman–Crippen MR) is 69.1 cm³/mol. The van der Waals surface area contributed by atoms with Gasteiger partial charge in [-0.05, 0) is 13.3 Å². The van der Waals surface area contributed by atoms with Gasteiger partial charge in [-0.2, -0.15) is 28.1 Å². The third kappa shape index (κ3) is 5.45. The largest absolute Gasteiger partial charge is 0.464 e. The number of rotatable bonds is 7. The maximum atomic E-state index is 12.4. The van der Waals surface area contributed by atoms with Gasteiger partial charge in [-0.15, -0.1) is 0 Å². The topological polar surface area (TPSA) is 63.2 Å². The van der Waals surface area contributed by atoms with Crippen LogP contribution in [0.4, 0.5) is 25.1 Å². The van der Waals surface area contributed by atoms with Crippen LogP contribution in [-0.4, -0.2) is 47.9 Å². The lowest BCUT2D eigenvalue weighted by Gasteiger charge is -2.19. The lowest BCUT2D eigenvalue weighted by molar-refractivity contribution is -0.119. The standard InChI is InChI=1S/C11H18F3N5O/c1-4-6-15-8-16-9(18-10(17-8)20-5-2)19(3)7-11(12,13)14/h4-7H2,1-3H3,(H,15,16,17,18). The molecule has 0 aliphatic carbocycles. The summed E-state index contributed by atoms with van der Waals surface area (Å²) in [4.78, 5) is 12.7. The Balaban J connectivity index is 2.95. The molecular formula is C11H18F3N5O. The zero-order valence-electron chi connectivity index (χ0n) is 11.7. The van der Waals surface area contributed by atoms with E-state index in [1.807, 2.05) is 6.92 Å². The fourth-order valence-corrected chi connectivity index (χ4v) is 1.37. The average Bonchev–Trinajstić information content (AvgIpc) is 2.34. The molecule has 1 aromatic heterocycles. The lowest BCUT2D eigenvalue weighted by atomic mass is 10.5. The van der Waals surface area contributed by atoms with E-state index in [-0.39, 0.29) is 17.9 Å². The second-order valence-electron chi connectivity index (χ2n) is 4.07. The van der Waals surface area contributed by atoms with Crippen LogP contribution in [0, 0.1) is 0 Å². The Labute approximate surface area is 115 Å². The number of alkyl halides is 3. The van der Waals surface area contributed by atoms with Crippen LogP contribution in [0.1, 0.15) is 20.3 Å². The molecule has 0 aliphatic heterocycles. The van der Waals surface area contributed by atoms with Crippen molar-refractivity contribution in [3.8, 4) is 6.01 Å². The van der Waals surface area contributed by atoms with Gasteiger partial charge in [-0.3, -0.25) is 0 Å². The molecule has 0 aliphatic rings. The van der Waals surface area contributed by atoms with Crippen LogP contribution in [0.2, 0.25) is 0 Å². The molecule has 1 N–H and O–H groups in total. The van der Waals surface area contributed by atoms with Crippen molar-refractivity contribution in [2.24, 2.45) is 0 Å². The maximum absolute atomic E-state index is 12.4. The van der Waals surface area contributed by atoms with Gasteiger partial charge in [0.1, 0.15) is 6.54 Å². The predicted octanol–water partition coefficient (Wildman–Crippen LogP) is 2.09. The molecule has 0 spiro atoms. The molecule has 1 heterocycles. The number of halogens is 3. The smallest absolute Gasteiger partial charge is 0.406 e. The van der Waals surface area contributed by atoms with Gasteiger partial charge < -0.3 is 15.0 Å². The van der Waals surface area contributed by atoms with Gasteiger partial charge >= 0.3 is 12.2 Å². The Bertz CT molecular complexity index is 427. The second-order valence-corrected chi connectivity index (χ2v) is 4.07. The van der Waals surface area contributed by atoms with Gasteiger partial charge in [-0.25, -0.2) is 0 Å². The number of hydrogen-bond donors (Lipinski definition) is 1. The van der Waals surface area contributed by atoms with Crippen molar-refractivity contribution in [2.45, 2.75) is 26.4 Å². The number of hydrogen-bond acceptors (Lipinski definition) is 6. The molecule has 6 nitrogen and oxygen atoms in total. The first-order valence-electron chi connectivity index (χ1n) is 6.26. The summed E-state index contributed by atoms with van der Waals surface area (Å²) in [5.41, 5.74) is 0. The Hall–Kier alpha value is -1.80. The van der Waals surface area contributed by atoms with Crippen LogP contribution >= 0.6 is 0 Å². The van der Waals surface area contributed by atoms with Crippen LogP contribution in [0.25, 0.3) is 0 Å². The van der Waals surface area contributed by atoms with E-state index >= 15 is 0 Å². The normalized spacial score (nSPS) is 11.3. The fourth-order valence-electron chi connectivity index (χ4n) is 1.37. The van der Waals surface area contributed by atoms with E-state index in [2.05, 4.69) is 20.3 Å². The first-order valence-corrected chi connectivity index (χ1v) is 6.26. The van der Waals surface area contributed by atoms with Crippen molar-refractivity contribution in [3.05, 3.63) is 0 Å². The van der Waals surface area contributed by atoms with Crippen molar-refractivity contribution in [1.29, 1.82) is 0 Å². The van der Waals surface area contributed by atoms with Gasteiger partial charge in [0.05, 0.1) is 6.61 Å². The van der Waals surface area contributed by atoms with E-state index in [4.69, 9.17) is 4.74 Å². The zero-order chi connectivity index (χ0) is 15.2. The molecular weight excluding hydrogens is 275 g/mol. The molecule has 0 bridgehead atoms. The zero-order valence-corrected chi connectivity index (χ0v) is 11.7. The molecule has 0 unspecified atom stereocenters. The lowest BCUT2D eigenvalue weighted by Crippen LogP contribution is -2.32. The van der Waals surface area contributed by atoms with Crippen LogP contribution in [0.3, 0.4) is 0 Å². The molecule has 0 saturated carbocycles. The number of nitrogens with one attached hydrogen (secondary N) is 1. The van der Waals surface area contributed by atoms with Crippen molar-refractivity contribution < 1.29 is 17.9 Å². The van der Waals surface area contributed by atoms with E-state index in [1.54, 1.807) is 6.92 Å². The Morgan fingerprint density at radius 3 is 2.45 bits per heavy atom. The Morgan fingerprint density at radius 1 is 1.20 bits per heavy atom. The number of ether oxygens (including phenoxy) is 1. The van der Waals surface area contributed by atoms with E-state index in [1.165, 1.54) is 7.05 Å². The van der Waals surface area contributed by atoms with Crippen LogP contribution in [-0.2, 0) is 0 Å². The highest BCUT2D eigenvalue weighted by molar-refractivity contribution is 5.37. The molecule has 0 atom stereocenters. The summed E-state index contributed by atoms with van der Waals surface area (Å²) >= 11 is 0. The molecule has 0 fully saturated rings. The molecule has 0 amide bonds. The molecule has 0 radical (unpaired) electrons. The molecule has 9 heteroatoms. The number of nitrogens with zero attached hydrogens (tertiary/aromatic N) is 4. The molecule has 114 valence electrons. The minimum atomic E-state index is -4.33. The molecule has 0 saturated heterocycles. The second kappa shape index (κ2) is 7.11. The molecule has 20 heavy (non-hydrogen) atoms. The van der Waals surface area contributed by atoms with Gasteiger partial charge in [-0.1, -0.05) is 6.92 Å². The summed E-state index contributed by atoms with van der Waals surface area (Å²) in [5, 5.41) is 2.90. The summed E-state index contributed by atoms with van der Waals surface area (Å²) in [6.07, 6.45) is -3.49. The third-order valence-corrected chi connectivity index (χ3v) is 2.17. The Morgan fingerprint density at radius 2 is 1.90 bits per heavy atom. The number of anilines is 2. The van der Waals surface area contributed by atoms with E-state index in [9.17, 15) is 13.2 Å². The maximum Gasteiger partial charge on any atom is 0.406 e.